The molecule has 2 aromatic carbocycles. The summed E-state index contributed by atoms with van der Waals surface area (Å²) in [5.41, 5.74) is 3.20. The largest absolute Gasteiger partial charge is 0.452 e. The lowest BCUT2D eigenvalue weighted by Crippen LogP contribution is -2.23. The molecule has 0 fully saturated rings. The Kier molecular flexibility index (Phi) is 5.94. The summed E-state index contributed by atoms with van der Waals surface area (Å²) in [5, 5.41) is 8.34. The number of nitrogens with one attached hydrogen (secondary N) is 1. The van der Waals surface area contributed by atoms with Crippen LogP contribution >= 0.6 is 0 Å². The monoisotopic (exact) mass is 453 g/mol. The quantitative estimate of drug-likeness (QED) is 0.572. The van der Waals surface area contributed by atoms with E-state index in [1.807, 2.05) is 24.3 Å². The molecule has 1 heterocycles. The fourth-order valence-corrected chi connectivity index (χ4v) is 4.51. The number of rotatable bonds is 5. The van der Waals surface area contributed by atoms with E-state index in [0.29, 0.717) is 16.9 Å². The van der Waals surface area contributed by atoms with Crippen LogP contribution in [0.4, 0.5) is 5.69 Å². The number of amides is 1. The van der Waals surface area contributed by atoms with Crippen LogP contribution in [0.5, 0.6) is 0 Å². The van der Waals surface area contributed by atoms with E-state index in [4.69, 9.17) is 14.9 Å². The average molecular weight is 454 g/mol. The molecule has 0 aliphatic heterocycles. The number of sulfonamides is 1. The number of pyridine rings is 1. The van der Waals surface area contributed by atoms with E-state index in [0.717, 1.165) is 36.0 Å². The van der Waals surface area contributed by atoms with Gasteiger partial charge in [-0.15, -0.1) is 0 Å². The highest BCUT2D eigenvalue weighted by Gasteiger charge is 2.26. The van der Waals surface area contributed by atoms with Gasteiger partial charge in [-0.05, 0) is 55.0 Å². The molecule has 8 nitrogen and oxygen atoms in total. The number of esters is 1. The predicted molar refractivity (Wildman–Crippen MR) is 120 cm³/mol. The maximum absolute atomic E-state index is 13.1. The molecule has 166 valence electrons. The molecule has 1 atom stereocenters. The van der Waals surface area contributed by atoms with E-state index < -0.39 is 28.5 Å². The van der Waals surface area contributed by atoms with Gasteiger partial charge in [0.1, 0.15) is 0 Å². The van der Waals surface area contributed by atoms with E-state index in [-0.39, 0.29) is 10.6 Å². The summed E-state index contributed by atoms with van der Waals surface area (Å²) < 4.78 is 28.3. The first kappa shape index (κ1) is 21.9. The van der Waals surface area contributed by atoms with Crippen LogP contribution in [0.15, 0.2) is 53.4 Å². The van der Waals surface area contributed by atoms with Gasteiger partial charge in [-0.1, -0.05) is 31.2 Å². The number of fused-ring (bicyclic) bond motifs is 2. The van der Waals surface area contributed by atoms with Crippen LogP contribution in [-0.4, -0.2) is 31.9 Å². The molecule has 0 saturated carbocycles. The first-order valence-corrected chi connectivity index (χ1v) is 11.8. The van der Waals surface area contributed by atoms with Crippen LogP contribution in [0.3, 0.4) is 0 Å². The number of nitrogens with zero attached hydrogens (tertiary/aromatic N) is 1. The van der Waals surface area contributed by atoms with Crippen molar-refractivity contribution < 1.29 is 22.7 Å². The standard InChI is InChI=1S/C23H23N3O5S/c1-14-9-10-20-18(11-14)22(17-7-2-3-8-19(17)26-20)23(28)31-13-21(27)25-15-5-4-6-16(12-15)32(24,29)30/h2-8,12,14H,9-11,13H2,1H3,(H,25,27)(H2,24,29,30)/t14-/m1/s1. The molecule has 1 aliphatic rings. The number of aryl methyl sites for hydroxylation is 1. The lowest BCUT2D eigenvalue weighted by atomic mass is 9.84. The molecule has 32 heavy (non-hydrogen) atoms. The molecule has 0 spiro atoms. The van der Waals surface area contributed by atoms with Gasteiger partial charge >= 0.3 is 5.97 Å². The second-order valence-corrected chi connectivity index (χ2v) is 9.54. The Morgan fingerprint density at radius 1 is 1.19 bits per heavy atom. The molecule has 0 radical (unpaired) electrons. The normalized spacial score (nSPS) is 15.8. The van der Waals surface area contributed by atoms with Crippen molar-refractivity contribution in [3.63, 3.8) is 0 Å². The Morgan fingerprint density at radius 3 is 2.75 bits per heavy atom. The van der Waals surface area contributed by atoms with Gasteiger partial charge in [0.2, 0.25) is 10.0 Å². The highest BCUT2D eigenvalue weighted by molar-refractivity contribution is 7.89. The number of para-hydroxylation sites is 1. The zero-order valence-corrected chi connectivity index (χ0v) is 18.3. The molecule has 9 heteroatoms. The van der Waals surface area contributed by atoms with Gasteiger partial charge in [0, 0.05) is 16.8 Å². The second kappa shape index (κ2) is 8.68. The summed E-state index contributed by atoms with van der Waals surface area (Å²) in [5.74, 6) is -0.751. The molecule has 3 N–H and O–H groups in total. The maximum Gasteiger partial charge on any atom is 0.339 e. The molecule has 1 amide bonds. The smallest absolute Gasteiger partial charge is 0.339 e. The van der Waals surface area contributed by atoms with Crippen molar-refractivity contribution in [3.8, 4) is 0 Å². The van der Waals surface area contributed by atoms with Crippen LogP contribution in [0, 0.1) is 5.92 Å². The van der Waals surface area contributed by atoms with E-state index in [1.54, 1.807) is 0 Å². The van der Waals surface area contributed by atoms with Crippen LogP contribution in [0.2, 0.25) is 0 Å². The minimum absolute atomic E-state index is 0.128. The number of primary sulfonamides is 1. The summed E-state index contributed by atoms with van der Waals surface area (Å²) in [6, 6.07) is 12.9. The molecule has 4 rings (SSSR count). The van der Waals surface area contributed by atoms with E-state index in [9.17, 15) is 18.0 Å². The van der Waals surface area contributed by atoms with Gasteiger partial charge in [-0.25, -0.2) is 18.4 Å². The summed E-state index contributed by atoms with van der Waals surface area (Å²) in [4.78, 5) is 30.0. The third-order valence-electron chi connectivity index (χ3n) is 5.49. The fourth-order valence-electron chi connectivity index (χ4n) is 3.95. The first-order valence-electron chi connectivity index (χ1n) is 10.2. The van der Waals surface area contributed by atoms with Gasteiger partial charge in [0.05, 0.1) is 16.0 Å². The van der Waals surface area contributed by atoms with Gasteiger partial charge < -0.3 is 10.1 Å². The van der Waals surface area contributed by atoms with Crippen LogP contribution in [0.25, 0.3) is 10.9 Å². The fraction of sp³-hybridized carbons (Fsp3) is 0.261. The zero-order chi connectivity index (χ0) is 22.9. The number of nitrogens with two attached hydrogens (primary N) is 1. The van der Waals surface area contributed by atoms with Crippen molar-refractivity contribution in [1.29, 1.82) is 0 Å². The Bertz CT molecular complexity index is 1320. The average Bonchev–Trinajstić information content (AvgIpc) is 2.75. The van der Waals surface area contributed by atoms with Crippen molar-refractivity contribution in [3.05, 3.63) is 65.4 Å². The second-order valence-electron chi connectivity index (χ2n) is 7.97. The Hall–Kier alpha value is -3.30. The lowest BCUT2D eigenvalue weighted by molar-refractivity contribution is -0.119. The minimum Gasteiger partial charge on any atom is -0.452 e. The van der Waals surface area contributed by atoms with E-state index in [1.165, 1.54) is 24.3 Å². The molecule has 0 saturated heterocycles. The number of aromatic nitrogens is 1. The van der Waals surface area contributed by atoms with Crippen molar-refractivity contribution >= 4 is 38.5 Å². The summed E-state index contributed by atoms with van der Waals surface area (Å²) in [6.45, 7) is 1.62. The van der Waals surface area contributed by atoms with E-state index >= 15 is 0 Å². The highest BCUT2D eigenvalue weighted by atomic mass is 32.2. The Balaban J connectivity index is 1.54. The number of ether oxygens (including phenoxy) is 1. The molecular formula is C23H23N3O5S. The highest BCUT2D eigenvalue weighted by Crippen LogP contribution is 2.32. The van der Waals surface area contributed by atoms with Gasteiger partial charge in [0.15, 0.2) is 6.61 Å². The van der Waals surface area contributed by atoms with Gasteiger partial charge in [-0.3, -0.25) is 9.78 Å². The van der Waals surface area contributed by atoms with Crippen molar-refractivity contribution in [2.24, 2.45) is 11.1 Å². The number of benzene rings is 2. The molecule has 1 aliphatic carbocycles. The van der Waals surface area contributed by atoms with E-state index in [2.05, 4.69) is 12.2 Å². The minimum atomic E-state index is -3.90. The maximum atomic E-state index is 13.1. The number of hydrogen-bond acceptors (Lipinski definition) is 6. The van der Waals surface area contributed by atoms with Crippen LogP contribution < -0.4 is 10.5 Å². The predicted octanol–water partition coefficient (Wildman–Crippen LogP) is 2.80. The summed E-state index contributed by atoms with van der Waals surface area (Å²) in [6.07, 6.45) is 2.53. The summed E-state index contributed by atoms with van der Waals surface area (Å²) >= 11 is 0. The number of anilines is 1. The molecule has 1 aromatic heterocycles. The summed E-state index contributed by atoms with van der Waals surface area (Å²) in [7, 11) is -3.90. The van der Waals surface area contributed by atoms with Crippen LogP contribution in [-0.2, 0) is 32.4 Å². The molecule has 0 bridgehead atoms. The topological polar surface area (TPSA) is 128 Å². The third kappa shape index (κ3) is 4.63. The number of carbonyl (C=O) groups is 2. The SMILES string of the molecule is C[C@@H]1CCc2nc3ccccc3c(C(=O)OCC(=O)Nc3cccc(S(N)(=O)=O)c3)c2C1. The van der Waals surface area contributed by atoms with Crippen LogP contribution in [0.1, 0.15) is 35.0 Å². The molecule has 3 aromatic rings. The van der Waals surface area contributed by atoms with Gasteiger partial charge in [-0.2, -0.15) is 0 Å². The number of hydrogen-bond donors (Lipinski definition) is 2. The Morgan fingerprint density at radius 2 is 1.97 bits per heavy atom. The first-order chi connectivity index (χ1) is 15.2. The molecular weight excluding hydrogens is 430 g/mol. The lowest BCUT2D eigenvalue weighted by Gasteiger charge is -2.24. The van der Waals surface area contributed by atoms with Gasteiger partial charge in [0.25, 0.3) is 5.91 Å². The van der Waals surface area contributed by atoms with Crippen molar-refractivity contribution in [2.45, 2.75) is 31.1 Å². The Labute approximate surface area is 185 Å². The zero-order valence-electron chi connectivity index (χ0n) is 17.5. The van der Waals surface area contributed by atoms with Crippen molar-refractivity contribution in [1.82, 2.24) is 4.98 Å². The number of carbonyl (C=O) groups excluding carboxylic acids is 2. The molecule has 0 unspecified atom stereocenters. The third-order valence-corrected chi connectivity index (χ3v) is 6.40. The van der Waals surface area contributed by atoms with Crippen molar-refractivity contribution in [2.75, 3.05) is 11.9 Å².